The van der Waals surface area contributed by atoms with Crippen LogP contribution in [0.2, 0.25) is 0 Å². The lowest BCUT2D eigenvalue weighted by molar-refractivity contribution is -0.172. The van der Waals surface area contributed by atoms with Crippen LogP contribution in [-0.4, -0.2) is 47.2 Å². The van der Waals surface area contributed by atoms with E-state index in [-0.39, 0.29) is 12.5 Å². The predicted octanol–water partition coefficient (Wildman–Crippen LogP) is 4.65. The number of nitrogens with one attached hydrogen (secondary N) is 1. The number of carbonyl (C=O) groups excluding carboxylic acids is 2. The number of nitrogens with zero attached hydrogens (tertiary/aromatic N) is 1. The first-order valence-corrected chi connectivity index (χ1v) is 12.3. The van der Waals surface area contributed by atoms with Gasteiger partial charge in [0, 0.05) is 22.8 Å². The van der Waals surface area contributed by atoms with E-state index in [9.17, 15) is 19.5 Å². The number of aliphatic carboxylic acids is 1. The van der Waals surface area contributed by atoms with Gasteiger partial charge in [-0.1, -0.05) is 68.4 Å². The second kappa shape index (κ2) is 8.85. The van der Waals surface area contributed by atoms with E-state index < -0.39 is 35.5 Å². The Labute approximate surface area is 207 Å². The van der Waals surface area contributed by atoms with Crippen LogP contribution in [0, 0.1) is 5.41 Å². The zero-order chi connectivity index (χ0) is 24.7. The van der Waals surface area contributed by atoms with Crippen molar-refractivity contribution in [3.63, 3.8) is 0 Å². The molecule has 1 saturated heterocycles. The molecule has 2 heterocycles. The van der Waals surface area contributed by atoms with Crippen LogP contribution in [-0.2, 0) is 14.3 Å². The van der Waals surface area contributed by atoms with Gasteiger partial charge in [-0.3, -0.25) is 4.79 Å². The molecule has 35 heavy (non-hydrogen) atoms. The summed E-state index contributed by atoms with van der Waals surface area (Å²) in [5, 5.41) is 14.1. The number of hydrogen-bond donors (Lipinski definition) is 2. The lowest BCUT2D eigenvalue weighted by atomic mass is 9.74. The molecule has 3 aromatic rings. The molecule has 7 nitrogen and oxygen atoms in total. The number of carbonyl (C=O) groups is 3. The quantitative estimate of drug-likeness (QED) is 0.524. The van der Waals surface area contributed by atoms with Crippen molar-refractivity contribution in [2.75, 3.05) is 13.2 Å². The van der Waals surface area contributed by atoms with Gasteiger partial charge in [-0.25, -0.2) is 9.59 Å². The van der Waals surface area contributed by atoms with Crippen molar-refractivity contribution < 1.29 is 24.2 Å². The molecule has 1 fully saturated rings. The molecule has 2 aliphatic rings. The summed E-state index contributed by atoms with van der Waals surface area (Å²) in [6, 6.07) is 17.7. The van der Waals surface area contributed by atoms with E-state index in [1.165, 1.54) is 16.2 Å². The minimum Gasteiger partial charge on any atom is -0.480 e. The fourth-order valence-corrected chi connectivity index (χ4v) is 6.00. The highest BCUT2D eigenvalue weighted by Crippen LogP contribution is 2.44. The number of fused-ring (bicyclic) bond motifs is 3. The third-order valence-corrected chi connectivity index (χ3v) is 7.76. The van der Waals surface area contributed by atoms with Crippen molar-refractivity contribution in [1.29, 1.82) is 0 Å². The van der Waals surface area contributed by atoms with E-state index in [2.05, 4.69) is 17.4 Å². The second-order valence-electron chi connectivity index (χ2n) is 9.61. The summed E-state index contributed by atoms with van der Waals surface area (Å²) in [4.78, 5) is 40.0. The SMILES string of the molecule is CC1(C)CN(C(=O)C(NC(=O)OCC2c3ccccc3-c3ccccc32)c2cccs2)C1C(=O)O. The van der Waals surface area contributed by atoms with Crippen molar-refractivity contribution in [1.82, 2.24) is 10.2 Å². The number of carboxylic acid groups (broad SMARTS) is 1. The van der Waals surface area contributed by atoms with Gasteiger partial charge in [0.15, 0.2) is 0 Å². The van der Waals surface area contributed by atoms with Crippen molar-refractivity contribution in [2.24, 2.45) is 5.41 Å². The summed E-state index contributed by atoms with van der Waals surface area (Å²) >= 11 is 1.32. The molecular weight excluding hydrogens is 464 g/mol. The van der Waals surface area contributed by atoms with Crippen molar-refractivity contribution in [3.05, 3.63) is 82.0 Å². The lowest BCUT2D eigenvalue weighted by Gasteiger charge is -2.52. The Kier molecular flexibility index (Phi) is 5.84. The molecule has 1 aromatic heterocycles. The van der Waals surface area contributed by atoms with Crippen LogP contribution in [0.1, 0.15) is 41.8 Å². The highest BCUT2D eigenvalue weighted by Gasteiger charge is 2.54. The number of rotatable bonds is 6. The fraction of sp³-hybridized carbons (Fsp3) is 0.296. The third kappa shape index (κ3) is 4.08. The monoisotopic (exact) mass is 490 g/mol. The maximum Gasteiger partial charge on any atom is 0.408 e. The van der Waals surface area contributed by atoms with E-state index in [0.29, 0.717) is 11.4 Å². The highest BCUT2D eigenvalue weighted by molar-refractivity contribution is 7.10. The number of carboxylic acids is 1. The maximum absolute atomic E-state index is 13.3. The minimum absolute atomic E-state index is 0.100. The zero-order valence-corrected chi connectivity index (χ0v) is 20.2. The number of ether oxygens (including phenoxy) is 1. The number of thiophene rings is 1. The first kappa shape index (κ1) is 23.1. The lowest BCUT2D eigenvalue weighted by Crippen LogP contribution is -2.68. The smallest absolute Gasteiger partial charge is 0.408 e. The van der Waals surface area contributed by atoms with Gasteiger partial charge in [-0.15, -0.1) is 11.3 Å². The molecule has 1 aliphatic heterocycles. The minimum atomic E-state index is -1.05. The molecule has 0 radical (unpaired) electrons. The van der Waals surface area contributed by atoms with Crippen LogP contribution in [0.5, 0.6) is 0 Å². The molecule has 8 heteroatoms. The summed E-state index contributed by atoms with van der Waals surface area (Å²) in [5.41, 5.74) is 3.91. The molecule has 0 bridgehead atoms. The Morgan fingerprint density at radius 2 is 1.69 bits per heavy atom. The van der Waals surface area contributed by atoms with Crippen LogP contribution in [0.15, 0.2) is 66.0 Å². The molecule has 1 aliphatic carbocycles. The second-order valence-corrected chi connectivity index (χ2v) is 10.6. The zero-order valence-electron chi connectivity index (χ0n) is 19.4. The Morgan fingerprint density at radius 3 is 2.23 bits per heavy atom. The Balaban J connectivity index is 1.31. The number of amides is 2. The van der Waals surface area contributed by atoms with E-state index in [4.69, 9.17) is 4.74 Å². The first-order valence-electron chi connectivity index (χ1n) is 11.5. The number of hydrogen-bond acceptors (Lipinski definition) is 5. The molecule has 180 valence electrons. The molecular formula is C27H26N2O5S. The largest absolute Gasteiger partial charge is 0.480 e. The summed E-state index contributed by atoms with van der Waals surface area (Å²) in [6.45, 7) is 4.06. The van der Waals surface area contributed by atoms with Crippen LogP contribution in [0.4, 0.5) is 4.79 Å². The fourth-order valence-electron chi connectivity index (χ4n) is 5.23. The van der Waals surface area contributed by atoms with Gasteiger partial charge in [-0.2, -0.15) is 0 Å². The molecule has 2 aromatic carbocycles. The normalized spacial score (nSPS) is 18.7. The number of alkyl carbamates (subject to hydrolysis) is 1. The topological polar surface area (TPSA) is 95.9 Å². The summed E-state index contributed by atoms with van der Waals surface area (Å²) in [5.74, 6) is -1.61. The average Bonchev–Trinajstić information content (AvgIpc) is 3.46. The summed E-state index contributed by atoms with van der Waals surface area (Å²) in [6.07, 6.45) is -0.717. The van der Waals surface area contributed by atoms with Crippen molar-refractivity contribution in [3.8, 4) is 11.1 Å². The first-order chi connectivity index (χ1) is 16.8. The van der Waals surface area contributed by atoms with Crippen LogP contribution >= 0.6 is 11.3 Å². The van der Waals surface area contributed by atoms with Crippen LogP contribution in [0.3, 0.4) is 0 Å². The van der Waals surface area contributed by atoms with Gasteiger partial charge in [-0.05, 0) is 33.7 Å². The van der Waals surface area contributed by atoms with Crippen molar-refractivity contribution in [2.45, 2.75) is 31.8 Å². The van der Waals surface area contributed by atoms with Gasteiger partial charge in [0.25, 0.3) is 5.91 Å². The van der Waals surface area contributed by atoms with Crippen LogP contribution < -0.4 is 5.32 Å². The van der Waals surface area contributed by atoms with Gasteiger partial charge >= 0.3 is 12.1 Å². The number of benzene rings is 2. The molecule has 0 saturated carbocycles. The highest BCUT2D eigenvalue weighted by atomic mass is 32.1. The maximum atomic E-state index is 13.3. The van der Waals surface area contributed by atoms with Gasteiger partial charge in [0.1, 0.15) is 18.7 Å². The van der Waals surface area contributed by atoms with E-state index >= 15 is 0 Å². The van der Waals surface area contributed by atoms with E-state index in [1.54, 1.807) is 12.1 Å². The van der Waals surface area contributed by atoms with Gasteiger partial charge < -0.3 is 20.1 Å². The average molecular weight is 491 g/mol. The summed E-state index contributed by atoms with van der Waals surface area (Å²) in [7, 11) is 0. The Hall–Kier alpha value is -3.65. The number of likely N-dealkylation sites (tertiary alicyclic amines) is 1. The Morgan fingerprint density at radius 1 is 1.06 bits per heavy atom. The molecule has 2 atom stereocenters. The Bertz CT molecular complexity index is 1240. The predicted molar refractivity (Wildman–Crippen MR) is 132 cm³/mol. The summed E-state index contributed by atoms with van der Waals surface area (Å²) < 4.78 is 5.63. The van der Waals surface area contributed by atoms with Crippen LogP contribution in [0.25, 0.3) is 11.1 Å². The van der Waals surface area contributed by atoms with E-state index in [1.807, 2.05) is 55.6 Å². The third-order valence-electron chi connectivity index (χ3n) is 6.83. The molecule has 2 amide bonds. The molecule has 0 spiro atoms. The molecule has 5 rings (SSSR count). The standard InChI is InChI=1S/C27H26N2O5S/c1-27(2)15-29(23(27)25(31)32)24(30)22(21-12-7-13-35-21)28-26(33)34-14-20-18-10-5-3-8-16(18)17-9-4-6-11-19(17)20/h3-13,20,22-23H,14-15H2,1-2H3,(H,28,33)(H,31,32). The van der Waals surface area contributed by atoms with Gasteiger partial charge in [0.05, 0.1) is 0 Å². The van der Waals surface area contributed by atoms with Crippen molar-refractivity contribution >= 4 is 29.3 Å². The molecule has 2 N–H and O–H groups in total. The van der Waals surface area contributed by atoms with E-state index in [0.717, 1.165) is 22.3 Å². The van der Waals surface area contributed by atoms with Gasteiger partial charge in [0.2, 0.25) is 0 Å². The molecule has 2 unspecified atom stereocenters.